The Bertz CT molecular complexity index is 1180. The molecule has 0 spiro atoms. The number of β-lactam (4-membered cyclic amide) rings is 1. The molecule has 0 saturated carbocycles. The maximum absolute atomic E-state index is 12.9. The molecule has 0 bridgehead atoms. The topological polar surface area (TPSA) is 195 Å². The summed E-state index contributed by atoms with van der Waals surface area (Å²) in [5.74, 6) is -8.87. The summed E-state index contributed by atoms with van der Waals surface area (Å²) in [5, 5.41) is 13.7. The molecule has 1 aromatic rings. The number of hydrogen-bond acceptors (Lipinski definition) is 11. The van der Waals surface area contributed by atoms with E-state index < -0.39 is 64.8 Å². The van der Waals surface area contributed by atoms with Gasteiger partial charge in [-0.25, -0.2) is 4.79 Å². The third kappa shape index (κ3) is 6.19. The van der Waals surface area contributed by atoms with Crippen LogP contribution in [0.4, 0.5) is 0 Å². The van der Waals surface area contributed by atoms with Crippen molar-refractivity contribution < 1.29 is 52.9 Å². The minimum absolute atomic E-state index is 0.0988. The molecule has 39 heavy (non-hydrogen) atoms. The molecule has 2 aliphatic rings. The monoisotopic (exact) mass is 563 g/mol. The standard InChI is InChI=1S/C24H25N3O11S/c1-3-36-23(34)14(24(35)37-4-2)18(29)25-13-10-39-21-15(20(31)27(21)16(13)22(32)33)26-19(30)17(38-11-28)12-8-6-5-7-9-12/h5-9,11,14-15,17,21H,3-4,10H2,1-2H3,(H,25,29)(H,26,30)(H,32,33)/t15?,17?,21-/m0/s1. The summed E-state index contributed by atoms with van der Waals surface area (Å²) in [5.41, 5.74) is -0.467. The van der Waals surface area contributed by atoms with Crippen molar-refractivity contribution in [3.05, 3.63) is 47.3 Å². The number of nitrogens with one attached hydrogen (secondary N) is 2. The van der Waals surface area contributed by atoms with Crippen LogP contribution in [-0.2, 0) is 47.8 Å². The number of carboxylic acid groups (broad SMARTS) is 1. The predicted octanol–water partition coefficient (Wildman–Crippen LogP) is -0.545. The lowest BCUT2D eigenvalue weighted by Crippen LogP contribution is -2.71. The lowest BCUT2D eigenvalue weighted by Gasteiger charge is -2.49. The van der Waals surface area contributed by atoms with Crippen LogP contribution in [0.5, 0.6) is 0 Å². The van der Waals surface area contributed by atoms with Crippen molar-refractivity contribution in [1.29, 1.82) is 0 Å². The molecule has 2 unspecified atom stereocenters. The van der Waals surface area contributed by atoms with E-state index in [1.165, 1.54) is 13.8 Å². The Morgan fingerprint density at radius 2 is 1.69 bits per heavy atom. The molecule has 3 rings (SSSR count). The third-order valence-electron chi connectivity index (χ3n) is 5.58. The third-order valence-corrected chi connectivity index (χ3v) is 6.86. The van der Waals surface area contributed by atoms with Gasteiger partial charge in [-0.2, -0.15) is 0 Å². The van der Waals surface area contributed by atoms with Gasteiger partial charge in [0.2, 0.25) is 17.9 Å². The number of thioether (sulfide) groups is 1. The number of amides is 3. The maximum atomic E-state index is 12.9. The zero-order chi connectivity index (χ0) is 28.7. The van der Waals surface area contributed by atoms with Crippen LogP contribution in [0.1, 0.15) is 25.5 Å². The van der Waals surface area contributed by atoms with Crippen molar-refractivity contribution in [2.45, 2.75) is 31.4 Å². The van der Waals surface area contributed by atoms with Crippen LogP contribution < -0.4 is 10.6 Å². The van der Waals surface area contributed by atoms with E-state index in [4.69, 9.17) is 14.2 Å². The number of ether oxygens (including phenoxy) is 3. The molecule has 14 nitrogen and oxygen atoms in total. The van der Waals surface area contributed by atoms with Gasteiger partial charge in [-0.1, -0.05) is 30.3 Å². The Hall–Kier alpha value is -4.40. The molecule has 3 N–H and O–H groups in total. The molecule has 0 aromatic heterocycles. The quantitative estimate of drug-likeness (QED) is 0.0967. The molecule has 1 aromatic carbocycles. The summed E-state index contributed by atoms with van der Waals surface area (Å²) < 4.78 is 14.4. The average molecular weight is 564 g/mol. The Kier molecular flexibility index (Phi) is 9.65. The highest BCUT2D eigenvalue weighted by molar-refractivity contribution is 8.00. The van der Waals surface area contributed by atoms with Crippen LogP contribution >= 0.6 is 11.8 Å². The second kappa shape index (κ2) is 12.9. The largest absolute Gasteiger partial charge is 0.477 e. The van der Waals surface area contributed by atoms with Crippen molar-refractivity contribution in [2.75, 3.05) is 19.0 Å². The number of benzene rings is 1. The molecule has 3 atom stereocenters. The van der Waals surface area contributed by atoms with Gasteiger partial charge in [-0.05, 0) is 13.8 Å². The fourth-order valence-electron chi connectivity index (χ4n) is 3.90. The number of carboxylic acids is 1. The van der Waals surface area contributed by atoms with Crippen LogP contribution in [0.2, 0.25) is 0 Å². The number of hydrogen-bond donors (Lipinski definition) is 3. The summed E-state index contributed by atoms with van der Waals surface area (Å²) in [4.78, 5) is 87.0. The SMILES string of the molecule is CCOC(=O)C(C(=O)NC1=C(C(=O)O)N2C(=O)C(NC(=O)C(OC=O)c3ccccc3)[C@@H]2SC1)C(=O)OCC. The van der Waals surface area contributed by atoms with Crippen LogP contribution in [0, 0.1) is 5.92 Å². The van der Waals surface area contributed by atoms with E-state index in [1.807, 2.05) is 0 Å². The predicted molar refractivity (Wildman–Crippen MR) is 131 cm³/mol. The first-order valence-corrected chi connectivity index (χ1v) is 12.7. The van der Waals surface area contributed by atoms with Crippen LogP contribution in [0.15, 0.2) is 41.7 Å². The number of carbonyl (C=O) groups is 7. The van der Waals surface area contributed by atoms with E-state index in [-0.39, 0.29) is 31.1 Å². The molecule has 1 fully saturated rings. The molecule has 2 heterocycles. The van der Waals surface area contributed by atoms with Gasteiger partial charge >= 0.3 is 17.9 Å². The summed E-state index contributed by atoms with van der Waals surface area (Å²) in [6, 6.07) is 6.91. The van der Waals surface area contributed by atoms with Crippen LogP contribution in [-0.4, -0.2) is 82.5 Å². The first-order chi connectivity index (χ1) is 18.7. The van der Waals surface area contributed by atoms with Gasteiger partial charge < -0.3 is 30.0 Å². The van der Waals surface area contributed by atoms with Gasteiger partial charge in [0.25, 0.3) is 18.3 Å². The highest BCUT2D eigenvalue weighted by Crippen LogP contribution is 2.40. The number of esters is 2. The minimum atomic E-state index is -2.01. The molecular formula is C24H25N3O11S. The van der Waals surface area contributed by atoms with Crippen LogP contribution in [0.25, 0.3) is 0 Å². The number of carbonyl (C=O) groups excluding carboxylic acids is 6. The van der Waals surface area contributed by atoms with E-state index in [0.717, 1.165) is 16.7 Å². The number of fused-ring (bicyclic) bond motifs is 1. The molecule has 0 aliphatic carbocycles. The summed E-state index contributed by atoms with van der Waals surface area (Å²) in [7, 11) is 0. The second-order valence-corrected chi connectivity index (χ2v) is 9.08. The number of aliphatic carboxylic acids is 1. The van der Waals surface area contributed by atoms with Gasteiger partial charge in [-0.3, -0.25) is 33.7 Å². The van der Waals surface area contributed by atoms with E-state index in [0.29, 0.717) is 5.56 Å². The fourth-order valence-corrected chi connectivity index (χ4v) is 5.18. The summed E-state index contributed by atoms with van der Waals surface area (Å²) >= 11 is 1.02. The van der Waals surface area contributed by atoms with Gasteiger partial charge in [-0.15, -0.1) is 11.8 Å². The van der Waals surface area contributed by atoms with Gasteiger partial charge in [0, 0.05) is 11.3 Å². The molecule has 15 heteroatoms. The minimum Gasteiger partial charge on any atom is -0.477 e. The van der Waals surface area contributed by atoms with Crippen molar-refractivity contribution in [3.63, 3.8) is 0 Å². The van der Waals surface area contributed by atoms with Gasteiger partial charge in [0.1, 0.15) is 11.4 Å². The number of nitrogens with zero attached hydrogens (tertiary/aromatic N) is 1. The second-order valence-electron chi connectivity index (χ2n) is 7.98. The van der Waals surface area contributed by atoms with E-state index in [1.54, 1.807) is 30.3 Å². The van der Waals surface area contributed by atoms with Crippen molar-refractivity contribution in [3.8, 4) is 0 Å². The van der Waals surface area contributed by atoms with Crippen molar-refractivity contribution in [1.82, 2.24) is 15.5 Å². The summed E-state index contributed by atoms with van der Waals surface area (Å²) in [6.07, 6.45) is -1.34. The first kappa shape index (κ1) is 29.2. The molecular weight excluding hydrogens is 538 g/mol. The number of rotatable bonds is 12. The molecule has 1 saturated heterocycles. The Balaban J connectivity index is 1.80. The van der Waals surface area contributed by atoms with Crippen molar-refractivity contribution >= 4 is 53.9 Å². The zero-order valence-electron chi connectivity index (χ0n) is 20.8. The highest BCUT2D eigenvalue weighted by atomic mass is 32.2. The lowest BCUT2D eigenvalue weighted by molar-refractivity contribution is -0.164. The first-order valence-electron chi connectivity index (χ1n) is 11.7. The lowest BCUT2D eigenvalue weighted by atomic mass is 10.0. The van der Waals surface area contributed by atoms with Crippen LogP contribution in [0.3, 0.4) is 0 Å². The maximum Gasteiger partial charge on any atom is 0.354 e. The fraction of sp³-hybridized carbons (Fsp3) is 0.375. The van der Waals surface area contributed by atoms with Gasteiger partial charge in [0.15, 0.2) is 5.70 Å². The Morgan fingerprint density at radius 3 is 2.23 bits per heavy atom. The van der Waals surface area contributed by atoms with E-state index in [2.05, 4.69) is 10.6 Å². The van der Waals surface area contributed by atoms with Gasteiger partial charge in [0.05, 0.1) is 18.9 Å². The normalized spacial score (nSPS) is 18.7. The Labute approximate surface area is 226 Å². The van der Waals surface area contributed by atoms with E-state index >= 15 is 0 Å². The zero-order valence-corrected chi connectivity index (χ0v) is 21.6. The van der Waals surface area contributed by atoms with E-state index in [9.17, 15) is 38.7 Å². The molecule has 208 valence electrons. The average Bonchev–Trinajstić information content (AvgIpc) is 2.90. The molecule has 2 aliphatic heterocycles. The molecule has 0 radical (unpaired) electrons. The van der Waals surface area contributed by atoms with Crippen molar-refractivity contribution in [2.24, 2.45) is 5.92 Å². The highest BCUT2D eigenvalue weighted by Gasteiger charge is 2.55. The Morgan fingerprint density at radius 1 is 1.08 bits per heavy atom. The smallest absolute Gasteiger partial charge is 0.354 e. The molecule has 3 amide bonds. The summed E-state index contributed by atoms with van der Waals surface area (Å²) in [6.45, 7) is 2.79.